The first kappa shape index (κ1) is 16.5. The molecule has 1 N–H and O–H groups in total. The molecule has 0 saturated carbocycles. The Morgan fingerprint density at radius 1 is 1.32 bits per heavy atom. The number of piperidine rings is 1. The second-order valence-corrected chi connectivity index (χ2v) is 8.57. The summed E-state index contributed by atoms with van der Waals surface area (Å²) in [4.78, 5) is 20.7. The number of thiazole rings is 1. The van der Waals surface area contributed by atoms with E-state index in [1.165, 1.54) is 15.1 Å². The lowest BCUT2D eigenvalue weighted by molar-refractivity contribution is -0.125. The molecular formula is C19H21N3OS2. The molecule has 6 heteroatoms. The highest BCUT2D eigenvalue weighted by molar-refractivity contribution is 7.22. The van der Waals surface area contributed by atoms with Gasteiger partial charge in [0.1, 0.15) is 0 Å². The Morgan fingerprint density at radius 2 is 2.16 bits per heavy atom. The number of aromatic nitrogens is 1. The monoisotopic (exact) mass is 371 g/mol. The third kappa shape index (κ3) is 3.70. The van der Waals surface area contributed by atoms with Crippen LogP contribution in [-0.4, -0.2) is 24.0 Å². The Morgan fingerprint density at radius 3 is 2.92 bits per heavy atom. The van der Waals surface area contributed by atoms with Gasteiger partial charge in [-0.1, -0.05) is 23.5 Å². The molecule has 0 atom stereocenters. The van der Waals surface area contributed by atoms with E-state index in [-0.39, 0.29) is 11.8 Å². The minimum absolute atomic E-state index is 0.118. The SMILES string of the molecule is Cc1ccc2nc(N3CCC(C(=O)NCc4cccs4)CC3)sc2c1. The van der Waals surface area contributed by atoms with E-state index < -0.39 is 0 Å². The maximum absolute atomic E-state index is 12.4. The molecule has 4 rings (SSSR count). The van der Waals surface area contributed by atoms with Crippen LogP contribution in [0.5, 0.6) is 0 Å². The van der Waals surface area contributed by atoms with Crippen molar-refractivity contribution in [1.82, 2.24) is 10.3 Å². The molecule has 4 nitrogen and oxygen atoms in total. The fraction of sp³-hybridized carbons (Fsp3) is 0.368. The van der Waals surface area contributed by atoms with Crippen LogP contribution in [0.1, 0.15) is 23.3 Å². The summed E-state index contributed by atoms with van der Waals surface area (Å²) in [6, 6.07) is 10.5. The first-order chi connectivity index (χ1) is 12.2. The zero-order valence-electron chi connectivity index (χ0n) is 14.2. The number of fused-ring (bicyclic) bond motifs is 1. The van der Waals surface area contributed by atoms with Crippen LogP contribution in [-0.2, 0) is 11.3 Å². The second kappa shape index (κ2) is 7.14. The van der Waals surface area contributed by atoms with Crippen LogP contribution >= 0.6 is 22.7 Å². The van der Waals surface area contributed by atoms with E-state index in [4.69, 9.17) is 4.98 Å². The topological polar surface area (TPSA) is 45.2 Å². The Hall–Kier alpha value is -1.92. The second-order valence-electron chi connectivity index (χ2n) is 6.53. The molecule has 3 aromatic rings. The molecule has 0 unspecified atom stereocenters. The number of hydrogen-bond acceptors (Lipinski definition) is 5. The lowest BCUT2D eigenvalue weighted by Gasteiger charge is -2.31. The third-order valence-corrected chi connectivity index (χ3v) is 6.64. The molecule has 130 valence electrons. The number of carbonyl (C=O) groups excluding carboxylic acids is 1. The molecule has 0 aliphatic carbocycles. The van der Waals surface area contributed by atoms with Gasteiger partial charge in [0.2, 0.25) is 5.91 Å². The predicted octanol–water partition coefficient (Wildman–Crippen LogP) is 4.20. The normalized spacial score (nSPS) is 15.6. The van der Waals surface area contributed by atoms with Crippen molar-refractivity contribution in [2.24, 2.45) is 5.92 Å². The van der Waals surface area contributed by atoms with Gasteiger partial charge in [-0.25, -0.2) is 4.98 Å². The smallest absolute Gasteiger partial charge is 0.223 e. The van der Waals surface area contributed by atoms with Gasteiger partial charge >= 0.3 is 0 Å². The highest BCUT2D eigenvalue weighted by atomic mass is 32.1. The van der Waals surface area contributed by atoms with Gasteiger partial charge in [-0.15, -0.1) is 11.3 Å². The number of anilines is 1. The summed E-state index contributed by atoms with van der Waals surface area (Å²) >= 11 is 3.43. The van der Waals surface area contributed by atoms with Gasteiger partial charge < -0.3 is 10.2 Å². The van der Waals surface area contributed by atoms with Gasteiger partial charge in [0, 0.05) is 23.9 Å². The average Bonchev–Trinajstić information content (AvgIpc) is 3.29. The van der Waals surface area contributed by atoms with E-state index >= 15 is 0 Å². The number of amides is 1. The van der Waals surface area contributed by atoms with E-state index in [1.807, 2.05) is 11.4 Å². The van der Waals surface area contributed by atoms with Crippen molar-refractivity contribution in [1.29, 1.82) is 0 Å². The number of nitrogens with zero attached hydrogens (tertiary/aromatic N) is 2. The van der Waals surface area contributed by atoms with Crippen molar-refractivity contribution in [3.63, 3.8) is 0 Å². The Kier molecular flexibility index (Phi) is 4.72. The van der Waals surface area contributed by atoms with Crippen LogP contribution in [0.15, 0.2) is 35.7 Å². The minimum atomic E-state index is 0.118. The highest BCUT2D eigenvalue weighted by Gasteiger charge is 2.26. The minimum Gasteiger partial charge on any atom is -0.351 e. The van der Waals surface area contributed by atoms with Gasteiger partial charge in [0.05, 0.1) is 16.8 Å². The third-order valence-electron chi connectivity index (χ3n) is 4.69. The molecule has 1 aromatic carbocycles. The maximum atomic E-state index is 12.4. The van der Waals surface area contributed by atoms with E-state index in [1.54, 1.807) is 22.7 Å². The first-order valence-electron chi connectivity index (χ1n) is 8.61. The summed E-state index contributed by atoms with van der Waals surface area (Å²) in [7, 11) is 0. The number of aryl methyl sites for hydroxylation is 1. The van der Waals surface area contributed by atoms with Gasteiger partial charge in [-0.3, -0.25) is 4.79 Å². The summed E-state index contributed by atoms with van der Waals surface area (Å²) in [5.41, 5.74) is 2.34. The van der Waals surface area contributed by atoms with Crippen LogP contribution < -0.4 is 10.2 Å². The fourth-order valence-electron chi connectivity index (χ4n) is 3.22. The average molecular weight is 372 g/mol. The zero-order chi connectivity index (χ0) is 17.2. The van der Waals surface area contributed by atoms with Crippen LogP contribution in [0.2, 0.25) is 0 Å². The van der Waals surface area contributed by atoms with Crippen molar-refractivity contribution in [2.45, 2.75) is 26.3 Å². The summed E-state index contributed by atoms with van der Waals surface area (Å²) in [5.74, 6) is 0.306. The Bertz CT molecular complexity index is 864. The molecule has 1 saturated heterocycles. The molecule has 1 aliphatic rings. The van der Waals surface area contributed by atoms with Crippen molar-refractivity contribution < 1.29 is 4.79 Å². The van der Waals surface area contributed by atoms with Gasteiger partial charge in [0.15, 0.2) is 5.13 Å². The Labute approximate surface area is 155 Å². The number of rotatable bonds is 4. The summed E-state index contributed by atoms with van der Waals surface area (Å²) in [6.45, 7) is 4.55. The molecular weight excluding hydrogens is 350 g/mol. The van der Waals surface area contributed by atoms with Crippen LogP contribution in [0.25, 0.3) is 10.2 Å². The molecule has 1 aliphatic heterocycles. The largest absolute Gasteiger partial charge is 0.351 e. The summed E-state index contributed by atoms with van der Waals surface area (Å²) < 4.78 is 1.24. The molecule has 1 fully saturated rings. The molecule has 1 amide bonds. The van der Waals surface area contributed by atoms with Crippen molar-refractivity contribution in [3.8, 4) is 0 Å². The van der Waals surface area contributed by atoms with Gasteiger partial charge in [-0.2, -0.15) is 0 Å². The molecule has 0 radical (unpaired) electrons. The number of thiophene rings is 1. The van der Waals surface area contributed by atoms with E-state index in [0.29, 0.717) is 6.54 Å². The summed E-state index contributed by atoms with van der Waals surface area (Å²) in [5, 5.41) is 6.20. The van der Waals surface area contributed by atoms with Crippen molar-refractivity contribution in [2.75, 3.05) is 18.0 Å². The fourth-order valence-corrected chi connectivity index (χ4v) is 4.98. The molecule has 3 heterocycles. The standard InChI is InChI=1S/C19H21N3OS2/c1-13-4-5-16-17(11-13)25-19(21-16)22-8-6-14(7-9-22)18(23)20-12-15-3-2-10-24-15/h2-5,10-11,14H,6-9,12H2,1H3,(H,20,23). The quantitative estimate of drug-likeness (QED) is 0.748. The first-order valence-corrected chi connectivity index (χ1v) is 10.3. The van der Waals surface area contributed by atoms with Gasteiger partial charge in [-0.05, 0) is 48.9 Å². The Balaban J connectivity index is 1.34. The molecule has 0 spiro atoms. The van der Waals surface area contributed by atoms with Gasteiger partial charge in [0.25, 0.3) is 0 Å². The lowest BCUT2D eigenvalue weighted by atomic mass is 9.96. The van der Waals surface area contributed by atoms with Crippen molar-refractivity contribution >= 4 is 43.9 Å². The molecule has 25 heavy (non-hydrogen) atoms. The number of nitrogens with one attached hydrogen (secondary N) is 1. The van der Waals surface area contributed by atoms with Crippen LogP contribution in [0, 0.1) is 12.8 Å². The number of hydrogen-bond donors (Lipinski definition) is 1. The zero-order valence-corrected chi connectivity index (χ0v) is 15.8. The van der Waals surface area contributed by atoms with E-state index in [0.717, 1.165) is 36.6 Å². The predicted molar refractivity (Wildman–Crippen MR) is 105 cm³/mol. The van der Waals surface area contributed by atoms with E-state index in [2.05, 4.69) is 41.4 Å². The summed E-state index contributed by atoms with van der Waals surface area (Å²) in [6.07, 6.45) is 1.79. The number of benzene rings is 1. The van der Waals surface area contributed by atoms with Crippen molar-refractivity contribution in [3.05, 3.63) is 46.2 Å². The van der Waals surface area contributed by atoms with Crippen LogP contribution in [0.4, 0.5) is 5.13 Å². The number of carbonyl (C=O) groups is 1. The molecule has 0 bridgehead atoms. The lowest BCUT2D eigenvalue weighted by Crippen LogP contribution is -2.40. The maximum Gasteiger partial charge on any atom is 0.223 e. The molecule has 2 aromatic heterocycles. The van der Waals surface area contributed by atoms with Crippen LogP contribution in [0.3, 0.4) is 0 Å². The van der Waals surface area contributed by atoms with E-state index in [9.17, 15) is 4.79 Å². The highest BCUT2D eigenvalue weighted by Crippen LogP contribution is 2.32.